The molecule has 2 rings (SSSR count). The SMILES string of the molecule is CCOc1ccc(CCNC(=O)c2ccc(C(C)=O)[nH]2)cc1OCC. The number of amides is 1. The van der Waals surface area contributed by atoms with E-state index in [0.717, 1.165) is 11.3 Å². The molecule has 1 aromatic heterocycles. The molecule has 2 aromatic rings. The smallest absolute Gasteiger partial charge is 0.267 e. The zero-order valence-corrected chi connectivity index (χ0v) is 14.8. The monoisotopic (exact) mass is 344 g/mol. The normalized spacial score (nSPS) is 10.4. The molecule has 0 aliphatic heterocycles. The van der Waals surface area contributed by atoms with Crippen molar-refractivity contribution in [3.05, 3.63) is 47.3 Å². The van der Waals surface area contributed by atoms with Crippen molar-refractivity contribution in [3.63, 3.8) is 0 Å². The molecular formula is C19H24N2O4. The molecule has 0 atom stereocenters. The van der Waals surface area contributed by atoms with E-state index in [0.29, 0.717) is 43.3 Å². The highest BCUT2D eigenvalue weighted by Crippen LogP contribution is 2.28. The molecule has 0 saturated heterocycles. The van der Waals surface area contributed by atoms with Crippen LogP contribution in [-0.4, -0.2) is 36.4 Å². The van der Waals surface area contributed by atoms with Crippen LogP contribution in [0.1, 0.15) is 47.3 Å². The van der Waals surface area contributed by atoms with Crippen molar-refractivity contribution in [2.45, 2.75) is 27.2 Å². The van der Waals surface area contributed by atoms with Crippen molar-refractivity contribution in [2.75, 3.05) is 19.8 Å². The number of hydrogen-bond acceptors (Lipinski definition) is 4. The Bertz CT molecular complexity index is 737. The number of aromatic nitrogens is 1. The number of rotatable bonds is 9. The summed E-state index contributed by atoms with van der Waals surface area (Å²) in [5.74, 6) is 1.10. The van der Waals surface area contributed by atoms with Crippen LogP contribution in [0.15, 0.2) is 30.3 Å². The number of aromatic amines is 1. The summed E-state index contributed by atoms with van der Waals surface area (Å²) in [6, 6.07) is 9.00. The Hall–Kier alpha value is -2.76. The number of ether oxygens (including phenoxy) is 2. The molecule has 1 aromatic carbocycles. The maximum Gasteiger partial charge on any atom is 0.267 e. The van der Waals surface area contributed by atoms with Crippen LogP contribution >= 0.6 is 0 Å². The molecule has 2 N–H and O–H groups in total. The van der Waals surface area contributed by atoms with E-state index in [1.807, 2.05) is 32.0 Å². The molecule has 0 aliphatic carbocycles. The number of H-pyrrole nitrogens is 1. The third-order valence-electron chi connectivity index (χ3n) is 3.62. The first-order chi connectivity index (χ1) is 12.0. The van der Waals surface area contributed by atoms with Gasteiger partial charge in [-0.3, -0.25) is 9.59 Å². The Kier molecular flexibility index (Phi) is 6.62. The average molecular weight is 344 g/mol. The highest BCUT2D eigenvalue weighted by molar-refractivity contribution is 5.97. The largest absolute Gasteiger partial charge is 0.490 e. The summed E-state index contributed by atoms with van der Waals surface area (Å²) in [4.78, 5) is 26.1. The first-order valence-electron chi connectivity index (χ1n) is 8.41. The lowest BCUT2D eigenvalue weighted by Crippen LogP contribution is -2.26. The van der Waals surface area contributed by atoms with Crippen molar-refractivity contribution in [3.8, 4) is 11.5 Å². The van der Waals surface area contributed by atoms with Gasteiger partial charge < -0.3 is 19.8 Å². The van der Waals surface area contributed by atoms with Crippen LogP contribution in [-0.2, 0) is 6.42 Å². The van der Waals surface area contributed by atoms with Gasteiger partial charge in [0.25, 0.3) is 5.91 Å². The number of benzene rings is 1. The quantitative estimate of drug-likeness (QED) is 0.685. The molecule has 0 unspecified atom stereocenters. The summed E-state index contributed by atoms with van der Waals surface area (Å²) < 4.78 is 11.1. The third kappa shape index (κ3) is 5.11. The molecule has 0 fully saturated rings. The van der Waals surface area contributed by atoms with Gasteiger partial charge in [0.1, 0.15) is 5.69 Å². The Labute approximate surface area is 147 Å². The fourth-order valence-corrected chi connectivity index (χ4v) is 2.40. The van der Waals surface area contributed by atoms with E-state index in [4.69, 9.17) is 9.47 Å². The number of ketones is 1. The molecule has 25 heavy (non-hydrogen) atoms. The molecule has 6 heteroatoms. The summed E-state index contributed by atoms with van der Waals surface area (Å²) >= 11 is 0. The first-order valence-corrected chi connectivity index (χ1v) is 8.41. The average Bonchev–Trinajstić information content (AvgIpc) is 3.08. The molecule has 6 nitrogen and oxygen atoms in total. The Morgan fingerprint density at radius 1 is 1.00 bits per heavy atom. The van der Waals surface area contributed by atoms with Crippen LogP contribution in [0.25, 0.3) is 0 Å². The minimum absolute atomic E-state index is 0.100. The van der Waals surface area contributed by atoms with Crippen molar-refractivity contribution >= 4 is 11.7 Å². The Morgan fingerprint density at radius 3 is 2.32 bits per heavy atom. The predicted octanol–water partition coefficient (Wildman–Crippen LogP) is 2.99. The molecule has 0 bridgehead atoms. The van der Waals surface area contributed by atoms with Gasteiger partial charge in [-0.05, 0) is 50.1 Å². The van der Waals surface area contributed by atoms with Crippen LogP contribution in [0.2, 0.25) is 0 Å². The fraction of sp³-hybridized carbons (Fsp3) is 0.368. The van der Waals surface area contributed by atoms with Gasteiger partial charge in [0, 0.05) is 13.5 Å². The van der Waals surface area contributed by atoms with E-state index in [1.54, 1.807) is 12.1 Å². The van der Waals surface area contributed by atoms with E-state index in [1.165, 1.54) is 6.92 Å². The van der Waals surface area contributed by atoms with Crippen molar-refractivity contribution in [1.29, 1.82) is 0 Å². The van der Waals surface area contributed by atoms with E-state index in [2.05, 4.69) is 10.3 Å². The van der Waals surface area contributed by atoms with Gasteiger partial charge >= 0.3 is 0 Å². The lowest BCUT2D eigenvalue weighted by Gasteiger charge is -2.12. The van der Waals surface area contributed by atoms with Gasteiger partial charge in [0.05, 0.1) is 18.9 Å². The Balaban J connectivity index is 1.93. The molecular weight excluding hydrogens is 320 g/mol. The van der Waals surface area contributed by atoms with Gasteiger partial charge in [0.2, 0.25) is 0 Å². The number of Topliss-reactive ketones (excluding diaryl/α,β-unsaturated/α-hetero) is 1. The number of carbonyl (C=O) groups is 2. The second kappa shape index (κ2) is 8.92. The second-order valence-corrected chi connectivity index (χ2v) is 5.49. The van der Waals surface area contributed by atoms with Gasteiger partial charge in [-0.25, -0.2) is 0 Å². The summed E-state index contributed by atoms with van der Waals surface area (Å²) in [7, 11) is 0. The number of carbonyl (C=O) groups excluding carboxylic acids is 2. The minimum Gasteiger partial charge on any atom is -0.490 e. The molecule has 0 spiro atoms. The lowest BCUT2D eigenvalue weighted by molar-refractivity contribution is 0.0949. The highest BCUT2D eigenvalue weighted by Gasteiger charge is 2.10. The number of nitrogens with one attached hydrogen (secondary N) is 2. The lowest BCUT2D eigenvalue weighted by atomic mass is 10.1. The van der Waals surface area contributed by atoms with Gasteiger partial charge in [0.15, 0.2) is 17.3 Å². The molecule has 134 valence electrons. The standard InChI is InChI=1S/C19H24N2O4/c1-4-24-17-9-6-14(12-18(17)25-5-2)10-11-20-19(23)16-8-7-15(21-16)13(3)22/h6-9,12,21H,4-5,10-11H2,1-3H3,(H,20,23). The molecule has 0 saturated carbocycles. The molecule has 1 amide bonds. The summed E-state index contributed by atoms with van der Waals surface area (Å²) in [6.07, 6.45) is 0.665. The van der Waals surface area contributed by atoms with Crippen LogP contribution in [0.5, 0.6) is 11.5 Å². The predicted molar refractivity (Wildman–Crippen MR) is 95.6 cm³/mol. The fourth-order valence-electron chi connectivity index (χ4n) is 2.40. The second-order valence-electron chi connectivity index (χ2n) is 5.49. The van der Waals surface area contributed by atoms with E-state index >= 15 is 0 Å². The van der Waals surface area contributed by atoms with E-state index < -0.39 is 0 Å². The zero-order valence-electron chi connectivity index (χ0n) is 14.8. The van der Waals surface area contributed by atoms with Crippen LogP contribution in [0.4, 0.5) is 0 Å². The van der Waals surface area contributed by atoms with Crippen LogP contribution in [0, 0.1) is 0 Å². The van der Waals surface area contributed by atoms with Crippen molar-refractivity contribution < 1.29 is 19.1 Å². The van der Waals surface area contributed by atoms with Gasteiger partial charge in [-0.15, -0.1) is 0 Å². The topological polar surface area (TPSA) is 80.4 Å². The maximum absolute atomic E-state index is 12.1. The summed E-state index contributed by atoms with van der Waals surface area (Å²) in [5, 5.41) is 2.84. The Morgan fingerprint density at radius 2 is 1.68 bits per heavy atom. The summed E-state index contributed by atoms with van der Waals surface area (Å²) in [6.45, 7) is 6.92. The zero-order chi connectivity index (χ0) is 18.2. The molecule has 1 heterocycles. The minimum atomic E-state index is -0.233. The third-order valence-corrected chi connectivity index (χ3v) is 3.62. The van der Waals surface area contributed by atoms with Gasteiger partial charge in [-0.2, -0.15) is 0 Å². The van der Waals surface area contributed by atoms with Crippen molar-refractivity contribution in [2.24, 2.45) is 0 Å². The highest BCUT2D eigenvalue weighted by atomic mass is 16.5. The first kappa shape index (κ1) is 18.6. The van der Waals surface area contributed by atoms with E-state index in [-0.39, 0.29) is 11.7 Å². The molecule has 0 radical (unpaired) electrons. The number of hydrogen-bond donors (Lipinski definition) is 2. The summed E-state index contributed by atoms with van der Waals surface area (Å²) in [5.41, 5.74) is 1.85. The van der Waals surface area contributed by atoms with E-state index in [9.17, 15) is 9.59 Å². The van der Waals surface area contributed by atoms with Crippen LogP contribution < -0.4 is 14.8 Å². The molecule has 0 aliphatic rings. The maximum atomic E-state index is 12.1. The van der Waals surface area contributed by atoms with Crippen molar-refractivity contribution in [1.82, 2.24) is 10.3 Å². The van der Waals surface area contributed by atoms with Gasteiger partial charge in [-0.1, -0.05) is 6.07 Å². The van der Waals surface area contributed by atoms with Crippen LogP contribution in [0.3, 0.4) is 0 Å².